The van der Waals surface area contributed by atoms with Gasteiger partial charge in [0.15, 0.2) is 0 Å². The third kappa shape index (κ3) is 3.05. The van der Waals surface area contributed by atoms with Crippen LogP contribution in [0.25, 0.3) is 0 Å². The van der Waals surface area contributed by atoms with Gasteiger partial charge in [-0.1, -0.05) is 6.92 Å². The summed E-state index contributed by atoms with van der Waals surface area (Å²) in [6.07, 6.45) is 4.51. The summed E-state index contributed by atoms with van der Waals surface area (Å²) in [5, 5.41) is 3.75. The summed E-state index contributed by atoms with van der Waals surface area (Å²) in [5.41, 5.74) is 0. The molecule has 0 amide bonds. The fourth-order valence-corrected chi connectivity index (χ4v) is 3.65. The summed E-state index contributed by atoms with van der Waals surface area (Å²) in [6, 6.07) is 1.53. The number of ether oxygens (including phenoxy) is 1. The summed E-state index contributed by atoms with van der Waals surface area (Å²) >= 11 is 0. The molecule has 0 saturated carbocycles. The van der Waals surface area contributed by atoms with Gasteiger partial charge < -0.3 is 10.1 Å². The quantitative estimate of drug-likeness (QED) is 0.794. The topological polar surface area (TPSA) is 27.7 Å². The Morgan fingerprint density at radius 3 is 2.83 bits per heavy atom. The number of morpholine rings is 1. The molecule has 3 aliphatic heterocycles. The molecule has 0 aromatic carbocycles. The smallest absolute Gasteiger partial charge is 0.0829 e. The van der Waals surface area contributed by atoms with E-state index in [2.05, 4.69) is 22.0 Å². The Morgan fingerprint density at radius 1 is 1.06 bits per heavy atom. The molecule has 3 saturated heterocycles. The number of nitrogens with zero attached hydrogens (tertiary/aromatic N) is 2. The number of hydrogen-bond donors (Lipinski definition) is 1. The Kier molecular flexibility index (Phi) is 4.19. The van der Waals surface area contributed by atoms with E-state index in [0.717, 1.165) is 44.9 Å². The minimum Gasteiger partial charge on any atom is -0.374 e. The Hall–Kier alpha value is -0.160. The first-order chi connectivity index (χ1) is 8.83. The van der Waals surface area contributed by atoms with E-state index in [1.54, 1.807) is 0 Å². The number of likely N-dealkylation sites (N-methyl/N-ethyl adjacent to an activating group) is 1. The molecule has 3 rings (SSSR count). The van der Waals surface area contributed by atoms with Crippen LogP contribution in [0.5, 0.6) is 0 Å². The van der Waals surface area contributed by atoms with Gasteiger partial charge in [0.1, 0.15) is 0 Å². The van der Waals surface area contributed by atoms with Crippen LogP contribution in [0.2, 0.25) is 0 Å². The van der Waals surface area contributed by atoms with E-state index >= 15 is 0 Å². The summed E-state index contributed by atoms with van der Waals surface area (Å²) in [5.74, 6) is 0. The highest BCUT2D eigenvalue weighted by Crippen LogP contribution is 2.21. The predicted octanol–water partition coefficient (Wildman–Crippen LogP) is 0.533. The molecule has 2 bridgehead atoms. The van der Waals surface area contributed by atoms with Crippen molar-refractivity contribution in [2.24, 2.45) is 0 Å². The molecule has 0 aromatic heterocycles. The number of hydrogen-bond acceptors (Lipinski definition) is 4. The zero-order chi connectivity index (χ0) is 12.4. The molecule has 104 valence electrons. The highest BCUT2D eigenvalue weighted by Gasteiger charge is 2.30. The largest absolute Gasteiger partial charge is 0.374 e. The van der Waals surface area contributed by atoms with Gasteiger partial charge in [-0.25, -0.2) is 0 Å². The van der Waals surface area contributed by atoms with Crippen LogP contribution in [0.4, 0.5) is 0 Å². The zero-order valence-electron chi connectivity index (χ0n) is 11.6. The van der Waals surface area contributed by atoms with Crippen molar-refractivity contribution in [2.75, 3.05) is 45.9 Å². The maximum absolute atomic E-state index is 5.93. The van der Waals surface area contributed by atoms with E-state index in [-0.39, 0.29) is 0 Å². The van der Waals surface area contributed by atoms with Gasteiger partial charge in [-0.3, -0.25) is 9.80 Å². The Bertz CT molecular complexity index is 274. The zero-order valence-corrected chi connectivity index (χ0v) is 11.6. The second-order valence-electron chi connectivity index (χ2n) is 6.07. The Labute approximate surface area is 111 Å². The van der Waals surface area contributed by atoms with Crippen LogP contribution < -0.4 is 5.32 Å². The number of nitrogens with one attached hydrogen (secondary N) is 1. The second-order valence-corrected chi connectivity index (χ2v) is 6.07. The van der Waals surface area contributed by atoms with Gasteiger partial charge in [-0.2, -0.15) is 0 Å². The lowest BCUT2D eigenvalue weighted by Crippen LogP contribution is -2.48. The van der Waals surface area contributed by atoms with E-state index in [4.69, 9.17) is 4.74 Å². The molecule has 1 N–H and O–H groups in total. The molecular weight excluding hydrogens is 226 g/mol. The summed E-state index contributed by atoms with van der Waals surface area (Å²) < 4.78 is 5.93. The number of fused-ring (bicyclic) bond motifs is 2. The first kappa shape index (κ1) is 12.9. The third-order valence-electron chi connectivity index (χ3n) is 4.74. The minimum atomic E-state index is 0.426. The Balaban J connectivity index is 1.49. The predicted molar refractivity (Wildman–Crippen MR) is 72.9 cm³/mol. The van der Waals surface area contributed by atoms with Crippen molar-refractivity contribution in [3.63, 3.8) is 0 Å². The lowest BCUT2D eigenvalue weighted by Gasteiger charge is -2.35. The molecule has 3 aliphatic rings. The van der Waals surface area contributed by atoms with Crippen LogP contribution in [0.1, 0.15) is 26.2 Å². The molecule has 0 aromatic rings. The molecule has 0 spiro atoms. The van der Waals surface area contributed by atoms with Crippen molar-refractivity contribution >= 4 is 0 Å². The lowest BCUT2D eigenvalue weighted by molar-refractivity contribution is -0.0421. The fraction of sp³-hybridized carbons (Fsp3) is 1.00. The minimum absolute atomic E-state index is 0.426. The highest BCUT2D eigenvalue weighted by molar-refractivity contribution is 4.90. The first-order valence-corrected chi connectivity index (χ1v) is 7.66. The van der Waals surface area contributed by atoms with Crippen LogP contribution in [0, 0.1) is 0 Å². The van der Waals surface area contributed by atoms with Crippen LogP contribution in [0.3, 0.4) is 0 Å². The van der Waals surface area contributed by atoms with Crippen molar-refractivity contribution in [2.45, 2.75) is 44.4 Å². The van der Waals surface area contributed by atoms with Crippen LogP contribution in [-0.4, -0.2) is 73.9 Å². The van der Waals surface area contributed by atoms with Crippen molar-refractivity contribution in [3.8, 4) is 0 Å². The molecule has 3 heterocycles. The average Bonchev–Trinajstić information content (AvgIpc) is 2.73. The van der Waals surface area contributed by atoms with Gasteiger partial charge in [0, 0.05) is 38.3 Å². The number of likely N-dealkylation sites (tertiary alicyclic amines) is 1. The molecule has 3 fully saturated rings. The SMILES string of the molecule is CCN1CCOC(CN2CCC3CCC(C2)N3)C1. The van der Waals surface area contributed by atoms with E-state index in [9.17, 15) is 0 Å². The molecule has 0 radical (unpaired) electrons. The molecule has 18 heavy (non-hydrogen) atoms. The van der Waals surface area contributed by atoms with Crippen molar-refractivity contribution < 1.29 is 4.74 Å². The van der Waals surface area contributed by atoms with E-state index in [1.165, 1.54) is 32.4 Å². The van der Waals surface area contributed by atoms with Crippen LogP contribution in [0.15, 0.2) is 0 Å². The molecule has 3 atom stereocenters. The maximum Gasteiger partial charge on any atom is 0.0829 e. The fourth-order valence-electron chi connectivity index (χ4n) is 3.65. The lowest BCUT2D eigenvalue weighted by atomic mass is 10.1. The molecular formula is C14H27N3O. The van der Waals surface area contributed by atoms with Gasteiger partial charge >= 0.3 is 0 Å². The van der Waals surface area contributed by atoms with Gasteiger partial charge in [0.05, 0.1) is 12.7 Å². The summed E-state index contributed by atoms with van der Waals surface area (Å²) in [7, 11) is 0. The molecule has 4 heteroatoms. The first-order valence-electron chi connectivity index (χ1n) is 7.66. The normalized spacial score (nSPS) is 38.8. The standard InChI is InChI=1S/C14H27N3O/c1-2-16-7-8-18-14(10-16)11-17-6-5-12-3-4-13(9-17)15-12/h12-15H,2-11H2,1H3. The maximum atomic E-state index is 5.93. The van der Waals surface area contributed by atoms with Crippen LogP contribution in [-0.2, 0) is 4.74 Å². The van der Waals surface area contributed by atoms with E-state index in [1.807, 2.05) is 0 Å². The molecule has 4 nitrogen and oxygen atoms in total. The van der Waals surface area contributed by atoms with Crippen molar-refractivity contribution in [3.05, 3.63) is 0 Å². The third-order valence-corrected chi connectivity index (χ3v) is 4.74. The Morgan fingerprint density at radius 2 is 1.94 bits per heavy atom. The van der Waals surface area contributed by atoms with E-state index < -0.39 is 0 Å². The van der Waals surface area contributed by atoms with Crippen molar-refractivity contribution in [1.82, 2.24) is 15.1 Å². The van der Waals surface area contributed by atoms with Crippen LogP contribution >= 0.6 is 0 Å². The van der Waals surface area contributed by atoms with Crippen molar-refractivity contribution in [1.29, 1.82) is 0 Å². The van der Waals surface area contributed by atoms with Gasteiger partial charge in [0.25, 0.3) is 0 Å². The summed E-state index contributed by atoms with van der Waals surface area (Å²) in [4.78, 5) is 5.14. The second kappa shape index (κ2) is 5.87. The number of rotatable bonds is 3. The molecule has 3 unspecified atom stereocenters. The average molecular weight is 253 g/mol. The highest BCUT2D eigenvalue weighted by atomic mass is 16.5. The molecule has 0 aliphatic carbocycles. The van der Waals surface area contributed by atoms with Gasteiger partial charge in [0.2, 0.25) is 0 Å². The van der Waals surface area contributed by atoms with Gasteiger partial charge in [-0.15, -0.1) is 0 Å². The monoisotopic (exact) mass is 253 g/mol. The van der Waals surface area contributed by atoms with Gasteiger partial charge in [-0.05, 0) is 32.4 Å². The van der Waals surface area contributed by atoms with E-state index in [0.29, 0.717) is 6.10 Å². The summed E-state index contributed by atoms with van der Waals surface area (Å²) in [6.45, 7) is 10.2.